The molecule has 162 valence electrons. The number of primary amides is 1. The van der Waals surface area contributed by atoms with Gasteiger partial charge in [-0.3, -0.25) is 24.2 Å². The quantitative estimate of drug-likeness (QED) is 0.571. The van der Waals surface area contributed by atoms with Crippen molar-refractivity contribution in [3.8, 4) is 0 Å². The fourth-order valence-electron chi connectivity index (χ4n) is 3.98. The molecule has 4 rings (SSSR count). The number of hydrogen-bond donors (Lipinski definition) is 4. The van der Waals surface area contributed by atoms with Crippen molar-refractivity contribution < 1.29 is 14.4 Å². The number of piperidine rings is 1. The van der Waals surface area contributed by atoms with E-state index in [0.717, 1.165) is 5.56 Å². The van der Waals surface area contributed by atoms with Gasteiger partial charge in [0.1, 0.15) is 5.82 Å². The second-order valence-corrected chi connectivity index (χ2v) is 7.98. The summed E-state index contributed by atoms with van der Waals surface area (Å²) in [5.41, 5.74) is 6.67. The SMILES string of the molecule is Cc1ccc(NC(=O)C2CC(=O)Nc3nc(N4CCC(C(N)=O)CC4)[nH]c(=O)c32)cc1. The Morgan fingerprint density at radius 1 is 1.16 bits per heavy atom. The van der Waals surface area contributed by atoms with Crippen molar-refractivity contribution in [1.29, 1.82) is 0 Å². The molecule has 0 spiro atoms. The second kappa shape index (κ2) is 8.21. The number of anilines is 3. The van der Waals surface area contributed by atoms with E-state index in [1.165, 1.54) is 0 Å². The summed E-state index contributed by atoms with van der Waals surface area (Å²) in [6.45, 7) is 2.94. The van der Waals surface area contributed by atoms with E-state index in [0.29, 0.717) is 37.6 Å². The number of carbonyl (C=O) groups excluding carboxylic acids is 3. The van der Waals surface area contributed by atoms with Crippen LogP contribution in [0, 0.1) is 12.8 Å². The molecular weight excluding hydrogens is 400 g/mol. The number of benzene rings is 1. The van der Waals surface area contributed by atoms with E-state index in [1.54, 1.807) is 12.1 Å². The van der Waals surface area contributed by atoms with Gasteiger partial charge in [0.15, 0.2) is 0 Å². The van der Waals surface area contributed by atoms with Gasteiger partial charge in [-0.15, -0.1) is 0 Å². The van der Waals surface area contributed by atoms with Gasteiger partial charge in [0.05, 0.1) is 11.5 Å². The largest absolute Gasteiger partial charge is 0.369 e. The summed E-state index contributed by atoms with van der Waals surface area (Å²) in [5.74, 6) is -1.91. The molecule has 1 aromatic heterocycles. The van der Waals surface area contributed by atoms with Gasteiger partial charge in [-0.1, -0.05) is 17.7 Å². The van der Waals surface area contributed by atoms with Crippen molar-refractivity contribution in [1.82, 2.24) is 9.97 Å². The molecule has 2 aliphatic heterocycles. The van der Waals surface area contributed by atoms with Gasteiger partial charge in [-0.2, -0.15) is 4.98 Å². The smallest absolute Gasteiger partial charge is 0.258 e. The van der Waals surface area contributed by atoms with Crippen LogP contribution >= 0.6 is 0 Å². The zero-order chi connectivity index (χ0) is 22.1. The number of nitrogens with one attached hydrogen (secondary N) is 3. The van der Waals surface area contributed by atoms with Gasteiger partial charge in [0.2, 0.25) is 23.7 Å². The lowest BCUT2D eigenvalue weighted by molar-refractivity contribution is -0.123. The van der Waals surface area contributed by atoms with Crippen molar-refractivity contribution in [2.45, 2.75) is 32.1 Å². The van der Waals surface area contributed by atoms with Crippen LogP contribution < -0.4 is 26.8 Å². The lowest BCUT2D eigenvalue weighted by Gasteiger charge is -2.32. The molecule has 3 amide bonds. The van der Waals surface area contributed by atoms with Crippen LogP contribution in [0.5, 0.6) is 0 Å². The highest BCUT2D eigenvalue weighted by Gasteiger charge is 2.35. The topological polar surface area (TPSA) is 150 Å². The molecule has 0 radical (unpaired) electrons. The van der Waals surface area contributed by atoms with Crippen molar-refractivity contribution >= 4 is 35.2 Å². The minimum absolute atomic E-state index is 0.0936. The van der Waals surface area contributed by atoms with Crippen LogP contribution in [0.4, 0.5) is 17.5 Å². The predicted octanol–water partition coefficient (Wildman–Crippen LogP) is 0.845. The normalized spacial score (nSPS) is 18.8. The number of amides is 3. The van der Waals surface area contributed by atoms with Gasteiger partial charge < -0.3 is 21.3 Å². The second-order valence-electron chi connectivity index (χ2n) is 7.98. The van der Waals surface area contributed by atoms with E-state index in [1.807, 2.05) is 24.0 Å². The van der Waals surface area contributed by atoms with Crippen molar-refractivity contribution in [3.05, 3.63) is 45.7 Å². The Bertz CT molecular complexity index is 1090. The lowest BCUT2D eigenvalue weighted by Crippen LogP contribution is -2.41. The lowest BCUT2D eigenvalue weighted by atomic mass is 9.92. The van der Waals surface area contributed by atoms with Gasteiger partial charge >= 0.3 is 0 Å². The molecule has 1 fully saturated rings. The molecule has 0 saturated carbocycles. The minimum Gasteiger partial charge on any atom is -0.369 e. The molecule has 5 N–H and O–H groups in total. The van der Waals surface area contributed by atoms with Gasteiger partial charge in [0.25, 0.3) is 5.56 Å². The molecule has 31 heavy (non-hydrogen) atoms. The maximum Gasteiger partial charge on any atom is 0.258 e. The fourth-order valence-corrected chi connectivity index (χ4v) is 3.98. The molecule has 0 bridgehead atoms. The van der Waals surface area contributed by atoms with Crippen LogP contribution in [0.25, 0.3) is 0 Å². The maximum atomic E-state index is 12.9. The number of rotatable bonds is 4. The van der Waals surface area contributed by atoms with Crippen LogP contribution in [0.2, 0.25) is 0 Å². The first-order chi connectivity index (χ1) is 14.8. The Hall–Kier alpha value is -3.69. The van der Waals surface area contributed by atoms with Gasteiger partial charge in [0, 0.05) is 31.1 Å². The Kier molecular flexibility index (Phi) is 5.45. The summed E-state index contributed by atoms with van der Waals surface area (Å²) in [6, 6.07) is 7.25. The van der Waals surface area contributed by atoms with Crippen molar-refractivity contribution in [2.75, 3.05) is 28.6 Å². The molecule has 1 atom stereocenters. The highest BCUT2D eigenvalue weighted by molar-refractivity contribution is 6.04. The van der Waals surface area contributed by atoms with E-state index < -0.39 is 17.4 Å². The molecular formula is C21H24N6O4. The number of nitrogens with two attached hydrogens (primary N) is 1. The third-order valence-electron chi connectivity index (χ3n) is 5.77. The van der Waals surface area contributed by atoms with E-state index in [9.17, 15) is 19.2 Å². The van der Waals surface area contributed by atoms with E-state index in [-0.39, 0.29) is 35.5 Å². The summed E-state index contributed by atoms with van der Waals surface area (Å²) in [4.78, 5) is 58.4. The van der Waals surface area contributed by atoms with Crippen LogP contribution in [0.15, 0.2) is 29.1 Å². The first-order valence-corrected chi connectivity index (χ1v) is 10.2. The highest BCUT2D eigenvalue weighted by atomic mass is 16.2. The molecule has 0 aliphatic carbocycles. The van der Waals surface area contributed by atoms with Crippen LogP contribution in [-0.2, 0) is 14.4 Å². The number of fused-ring (bicyclic) bond motifs is 1. The zero-order valence-electron chi connectivity index (χ0n) is 17.1. The Labute approximate surface area is 178 Å². The number of aryl methyl sites for hydroxylation is 1. The predicted molar refractivity (Wildman–Crippen MR) is 115 cm³/mol. The molecule has 10 nitrogen and oxygen atoms in total. The van der Waals surface area contributed by atoms with Crippen LogP contribution in [-0.4, -0.2) is 40.8 Å². The third kappa shape index (κ3) is 4.27. The molecule has 1 saturated heterocycles. The summed E-state index contributed by atoms with van der Waals surface area (Å²) in [7, 11) is 0. The first kappa shape index (κ1) is 20.6. The molecule has 1 unspecified atom stereocenters. The number of hydrogen-bond acceptors (Lipinski definition) is 6. The maximum absolute atomic E-state index is 12.9. The fraction of sp³-hybridized carbons (Fsp3) is 0.381. The van der Waals surface area contributed by atoms with Gasteiger partial charge in [-0.25, -0.2) is 0 Å². The summed E-state index contributed by atoms with van der Waals surface area (Å²) in [6.07, 6.45) is 0.979. The average Bonchev–Trinajstić information content (AvgIpc) is 2.74. The molecule has 3 heterocycles. The minimum atomic E-state index is -0.948. The third-order valence-corrected chi connectivity index (χ3v) is 5.77. The molecule has 2 aliphatic rings. The number of aromatic nitrogens is 2. The van der Waals surface area contributed by atoms with Gasteiger partial charge in [-0.05, 0) is 31.9 Å². The highest BCUT2D eigenvalue weighted by Crippen LogP contribution is 2.31. The summed E-state index contributed by atoms with van der Waals surface area (Å²) < 4.78 is 0. The average molecular weight is 424 g/mol. The standard InChI is InChI=1S/C21H24N6O4/c1-11-2-4-13(5-3-11)23-19(30)14-10-15(28)24-18-16(14)20(31)26-21(25-18)27-8-6-12(7-9-27)17(22)29/h2-5,12,14H,6-10H2,1H3,(H2,22,29)(H,23,30)(H2,24,25,26,28,31). The Morgan fingerprint density at radius 3 is 2.48 bits per heavy atom. The Balaban J connectivity index is 1.58. The number of carbonyl (C=O) groups is 3. The van der Waals surface area contributed by atoms with E-state index >= 15 is 0 Å². The molecule has 10 heteroatoms. The zero-order valence-corrected chi connectivity index (χ0v) is 17.1. The monoisotopic (exact) mass is 424 g/mol. The summed E-state index contributed by atoms with van der Waals surface area (Å²) >= 11 is 0. The van der Waals surface area contributed by atoms with Crippen LogP contribution in [0.3, 0.4) is 0 Å². The van der Waals surface area contributed by atoms with Crippen molar-refractivity contribution in [3.63, 3.8) is 0 Å². The summed E-state index contributed by atoms with van der Waals surface area (Å²) in [5, 5.41) is 5.38. The van der Waals surface area contributed by atoms with Crippen LogP contribution in [0.1, 0.15) is 36.3 Å². The molecule has 1 aromatic carbocycles. The van der Waals surface area contributed by atoms with E-state index in [2.05, 4.69) is 20.6 Å². The number of H-pyrrole nitrogens is 1. The van der Waals surface area contributed by atoms with Crippen molar-refractivity contribution in [2.24, 2.45) is 11.7 Å². The number of aromatic amines is 1. The number of nitrogens with zero attached hydrogens (tertiary/aromatic N) is 2. The first-order valence-electron chi connectivity index (χ1n) is 10.2. The Morgan fingerprint density at radius 2 is 1.84 bits per heavy atom. The van der Waals surface area contributed by atoms with E-state index in [4.69, 9.17) is 5.73 Å². The molecule has 2 aromatic rings.